The topological polar surface area (TPSA) is 72.9 Å². The summed E-state index contributed by atoms with van der Waals surface area (Å²) in [5.41, 5.74) is 0.551. The molecule has 0 saturated carbocycles. The first-order valence-electron chi connectivity index (χ1n) is 9.40. The summed E-state index contributed by atoms with van der Waals surface area (Å²) < 4.78 is 12.9. The highest BCUT2D eigenvalue weighted by atomic mass is 19.1. The van der Waals surface area contributed by atoms with Gasteiger partial charge in [0.25, 0.3) is 0 Å². The molecular weight excluding hydrogens is 359 g/mol. The van der Waals surface area contributed by atoms with E-state index in [1.807, 2.05) is 25.1 Å². The molecule has 1 aliphatic rings. The molecule has 1 amide bonds. The second-order valence-corrected chi connectivity index (χ2v) is 6.39. The van der Waals surface area contributed by atoms with Crippen LogP contribution in [0.3, 0.4) is 0 Å². The smallest absolute Gasteiger partial charge is 0.246 e. The number of aliphatic imine (C=N–C) groups is 1. The summed E-state index contributed by atoms with van der Waals surface area (Å²) in [4.78, 5) is 25.4. The van der Waals surface area contributed by atoms with Crippen molar-refractivity contribution >= 4 is 23.4 Å². The van der Waals surface area contributed by atoms with E-state index < -0.39 is 0 Å². The number of aromatic nitrogens is 1. The van der Waals surface area contributed by atoms with Crippen LogP contribution >= 0.6 is 0 Å². The summed E-state index contributed by atoms with van der Waals surface area (Å²) in [6.45, 7) is 5.98. The number of halogens is 1. The molecule has 148 valence electrons. The Labute approximate surface area is 164 Å². The van der Waals surface area contributed by atoms with E-state index in [2.05, 4.69) is 30.4 Å². The van der Waals surface area contributed by atoms with Gasteiger partial charge in [0.2, 0.25) is 5.91 Å². The molecule has 0 radical (unpaired) electrons. The van der Waals surface area contributed by atoms with E-state index in [0.29, 0.717) is 5.69 Å². The second-order valence-electron chi connectivity index (χ2n) is 6.39. The lowest BCUT2D eigenvalue weighted by Crippen LogP contribution is -2.53. The number of guanidine groups is 1. The van der Waals surface area contributed by atoms with Gasteiger partial charge in [0.1, 0.15) is 18.2 Å². The fourth-order valence-corrected chi connectivity index (χ4v) is 2.99. The Morgan fingerprint density at radius 3 is 2.54 bits per heavy atom. The molecule has 1 aliphatic heterocycles. The van der Waals surface area contributed by atoms with Gasteiger partial charge in [-0.2, -0.15) is 0 Å². The molecule has 3 rings (SSSR count). The zero-order chi connectivity index (χ0) is 19.8. The normalized spacial score (nSPS) is 14.7. The molecule has 1 fully saturated rings. The number of nitrogens with one attached hydrogen (secondary N) is 2. The maximum absolute atomic E-state index is 12.9. The van der Waals surface area contributed by atoms with Crippen molar-refractivity contribution in [3.05, 3.63) is 54.5 Å². The molecular formula is C20H25FN6O. The number of carbonyl (C=O) groups is 1. The largest absolute Gasteiger partial charge is 0.357 e. The van der Waals surface area contributed by atoms with Gasteiger partial charge in [0, 0.05) is 44.6 Å². The number of carbonyl (C=O) groups excluding carboxylic acids is 1. The molecule has 1 aromatic heterocycles. The van der Waals surface area contributed by atoms with Crippen LogP contribution < -0.4 is 15.5 Å². The SMILES string of the molecule is CCNC(=NCC(=O)Nc1ccc(F)cc1)N1CCN(c2ccccn2)CC1. The predicted octanol–water partition coefficient (Wildman–Crippen LogP) is 1.95. The minimum Gasteiger partial charge on any atom is -0.357 e. The van der Waals surface area contributed by atoms with Crippen LogP contribution in [0.5, 0.6) is 0 Å². The number of pyridine rings is 1. The lowest BCUT2D eigenvalue weighted by atomic mass is 10.3. The third kappa shape index (κ3) is 5.42. The summed E-state index contributed by atoms with van der Waals surface area (Å²) in [7, 11) is 0. The first-order chi connectivity index (χ1) is 13.7. The lowest BCUT2D eigenvalue weighted by Gasteiger charge is -2.37. The Kier molecular flexibility index (Phi) is 6.78. The molecule has 0 aliphatic carbocycles. The number of piperazine rings is 1. The van der Waals surface area contributed by atoms with Gasteiger partial charge in [-0.05, 0) is 43.3 Å². The quantitative estimate of drug-likeness (QED) is 0.609. The van der Waals surface area contributed by atoms with Gasteiger partial charge in [-0.3, -0.25) is 4.79 Å². The van der Waals surface area contributed by atoms with Crippen LogP contribution in [0.2, 0.25) is 0 Å². The van der Waals surface area contributed by atoms with Gasteiger partial charge >= 0.3 is 0 Å². The van der Waals surface area contributed by atoms with E-state index in [9.17, 15) is 9.18 Å². The van der Waals surface area contributed by atoms with Crippen molar-refractivity contribution in [1.82, 2.24) is 15.2 Å². The summed E-state index contributed by atoms with van der Waals surface area (Å²) >= 11 is 0. The van der Waals surface area contributed by atoms with Crippen molar-refractivity contribution in [2.45, 2.75) is 6.92 Å². The number of benzene rings is 1. The summed E-state index contributed by atoms with van der Waals surface area (Å²) in [5, 5.41) is 5.97. The van der Waals surface area contributed by atoms with E-state index in [-0.39, 0.29) is 18.3 Å². The van der Waals surface area contributed by atoms with E-state index in [4.69, 9.17) is 0 Å². The Bertz CT molecular complexity index is 788. The highest BCUT2D eigenvalue weighted by molar-refractivity contribution is 5.94. The number of hydrogen-bond acceptors (Lipinski definition) is 4. The molecule has 2 heterocycles. The standard InChI is InChI=1S/C20H25FN6O/c1-2-22-20(24-15-19(28)25-17-8-6-16(21)7-9-17)27-13-11-26(12-14-27)18-5-3-4-10-23-18/h3-10H,2,11-15H2,1H3,(H,22,24)(H,25,28). The molecule has 0 atom stereocenters. The number of hydrogen-bond donors (Lipinski definition) is 2. The van der Waals surface area contributed by atoms with Crippen LogP contribution in [0, 0.1) is 5.82 Å². The van der Waals surface area contributed by atoms with Crippen LogP contribution in [0.15, 0.2) is 53.7 Å². The van der Waals surface area contributed by atoms with E-state index in [0.717, 1.165) is 44.5 Å². The van der Waals surface area contributed by atoms with Crippen molar-refractivity contribution in [1.29, 1.82) is 0 Å². The first kappa shape index (κ1) is 19.6. The number of amides is 1. The molecule has 0 bridgehead atoms. The molecule has 2 N–H and O–H groups in total. The first-order valence-corrected chi connectivity index (χ1v) is 9.40. The van der Waals surface area contributed by atoms with Crippen LogP contribution in [0.4, 0.5) is 15.9 Å². The maximum atomic E-state index is 12.9. The van der Waals surface area contributed by atoms with Crippen LogP contribution in [-0.2, 0) is 4.79 Å². The lowest BCUT2D eigenvalue weighted by molar-refractivity contribution is -0.114. The number of anilines is 2. The highest BCUT2D eigenvalue weighted by Crippen LogP contribution is 2.12. The highest BCUT2D eigenvalue weighted by Gasteiger charge is 2.20. The molecule has 7 nitrogen and oxygen atoms in total. The Balaban J connectivity index is 1.55. The minimum absolute atomic E-state index is 0.000164. The van der Waals surface area contributed by atoms with Gasteiger partial charge in [0.05, 0.1) is 0 Å². The molecule has 0 spiro atoms. The van der Waals surface area contributed by atoms with Crippen LogP contribution in [0.1, 0.15) is 6.92 Å². The summed E-state index contributed by atoms with van der Waals surface area (Å²) in [5.74, 6) is 1.12. The van der Waals surface area contributed by atoms with Crippen LogP contribution in [-0.4, -0.2) is 61.0 Å². The fourth-order valence-electron chi connectivity index (χ4n) is 2.99. The fraction of sp³-hybridized carbons (Fsp3) is 0.350. The van der Waals surface area contributed by atoms with Crippen LogP contribution in [0.25, 0.3) is 0 Å². The van der Waals surface area contributed by atoms with Crippen molar-refractivity contribution in [2.75, 3.05) is 49.5 Å². The minimum atomic E-state index is -0.338. The average Bonchev–Trinajstić information content (AvgIpc) is 2.73. The zero-order valence-corrected chi connectivity index (χ0v) is 15.9. The van der Waals surface area contributed by atoms with Gasteiger partial charge < -0.3 is 20.4 Å². The van der Waals surface area contributed by atoms with Gasteiger partial charge in [-0.1, -0.05) is 6.07 Å². The predicted molar refractivity (Wildman–Crippen MR) is 109 cm³/mol. The van der Waals surface area contributed by atoms with Gasteiger partial charge in [0.15, 0.2) is 5.96 Å². The van der Waals surface area contributed by atoms with Crippen molar-refractivity contribution in [2.24, 2.45) is 4.99 Å². The van der Waals surface area contributed by atoms with Crippen molar-refractivity contribution in [3.63, 3.8) is 0 Å². The zero-order valence-electron chi connectivity index (χ0n) is 15.9. The van der Waals surface area contributed by atoms with E-state index in [1.54, 1.807) is 6.20 Å². The third-order valence-electron chi connectivity index (χ3n) is 4.39. The maximum Gasteiger partial charge on any atom is 0.246 e. The van der Waals surface area contributed by atoms with Gasteiger partial charge in [-0.25, -0.2) is 14.4 Å². The summed E-state index contributed by atoms with van der Waals surface area (Å²) in [6, 6.07) is 11.6. The monoisotopic (exact) mass is 384 g/mol. The Morgan fingerprint density at radius 2 is 1.89 bits per heavy atom. The molecule has 0 unspecified atom stereocenters. The third-order valence-corrected chi connectivity index (χ3v) is 4.39. The average molecular weight is 384 g/mol. The van der Waals surface area contributed by atoms with Gasteiger partial charge in [-0.15, -0.1) is 0 Å². The number of nitrogens with zero attached hydrogens (tertiary/aromatic N) is 4. The van der Waals surface area contributed by atoms with E-state index >= 15 is 0 Å². The number of rotatable bonds is 5. The summed E-state index contributed by atoms with van der Waals surface area (Å²) in [6.07, 6.45) is 1.80. The van der Waals surface area contributed by atoms with E-state index in [1.165, 1.54) is 24.3 Å². The Morgan fingerprint density at radius 1 is 1.14 bits per heavy atom. The molecule has 28 heavy (non-hydrogen) atoms. The Hall–Kier alpha value is -3.16. The molecule has 1 aromatic carbocycles. The molecule has 1 saturated heterocycles. The molecule has 2 aromatic rings. The second kappa shape index (κ2) is 9.68. The van der Waals surface area contributed by atoms with Crippen molar-refractivity contribution < 1.29 is 9.18 Å². The van der Waals surface area contributed by atoms with Crippen molar-refractivity contribution in [3.8, 4) is 0 Å². The molecule has 8 heteroatoms.